The number of nitrogens with zero attached hydrogens (tertiary/aromatic N) is 1. The number of carbonyl (C=O) groups excluding carboxylic acids is 1. The van der Waals surface area contributed by atoms with Crippen LogP contribution in [0.15, 0.2) is 66.7 Å². The zero-order chi connectivity index (χ0) is 24.7. The third kappa shape index (κ3) is 6.79. The van der Waals surface area contributed by atoms with Crippen LogP contribution in [0, 0.1) is 0 Å². The van der Waals surface area contributed by atoms with Crippen molar-refractivity contribution in [3.8, 4) is 11.5 Å². The van der Waals surface area contributed by atoms with Gasteiger partial charge in [0.2, 0.25) is 10.0 Å². The van der Waals surface area contributed by atoms with Crippen molar-refractivity contribution in [2.24, 2.45) is 0 Å². The summed E-state index contributed by atoms with van der Waals surface area (Å²) in [7, 11) is -2.05. The Bertz CT molecular complexity index is 1250. The minimum Gasteiger partial charge on any atom is -0.493 e. The summed E-state index contributed by atoms with van der Waals surface area (Å²) in [6.07, 6.45) is 1.10. The van der Waals surface area contributed by atoms with E-state index in [1.807, 2.05) is 12.1 Å². The van der Waals surface area contributed by atoms with Crippen molar-refractivity contribution in [3.63, 3.8) is 0 Å². The molecule has 0 aliphatic carbocycles. The highest BCUT2D eigenvalue weighted by Gasteiger charge is 2.21. The Morgan fingerprint density at radius 1 is 1.00 bits per heavy atom. The van der Waals surface area contributed by atoms with Crippen LogP contribution < -0.4 is 19.1 Å². The quantitative estimate of drug-likeness (QED) is 0.387. The van der Waals surface area contributed by atoms with Gasteiger partial charge in [-0.3, -0.25) is 9.10 Å². The number of benzene rings is 3. The van der Waals surface area contributed by atoms with Gasteiger partial charge in [-0.1, -0.05) is 47.5 Å². The molecule has 0 saturated heterocycles. The van der Waals surface area contributed by atoms with Crippen molar-refractivity contribution in [2.45, 2.75) is 6.54 Å². The van der Waals surface area contributed by atoms with Gasteiger partial charge in [0.25, 0.3) is 5.91 Å². The Kier molecular flexibility index (Phi) is 8.66. The molecule has 34 heavy (non-hydrogen) atoms. The fraction of sp³-hybridized carbons (Fsp3) is 0.208. The second kappa shape index (κ2) is 11.5. The number of carbonyl (C=O) groups is 1. The molecule has 3 aromatic carbocycles. The van der Waals surface area contributed by atoms with E-state index in [1.54, 1.807) is 55.6 Å². The molecule has 0 unspecified atom stereocenters. The first kappa shape index (κ1) is 25.7. The monoisotopic (exact) mass is 522 g/mol. The molecule has 0 heterocycles. The number of hydrogen-bond donors (Lipinski definition) is 1. The fourth-order valence-electron chi connectivity index (χ4n) is 3.16. The van der Waals surface area contributed by atoms with Crippen LogP contribution in [0.2, 0.25) is 10.0 Å². The van der Waals surface area contributed by atoms with E-state index in [-0.39, 0.29) is 24.1 Å². The molecule has 0 radical (unpaired) electrons. The summed E-state index contributed by atoms with van der Waals surface area (Å²) in [6, 6.07) is 18.5. The molecule has 0 fully saturated rings. The third-order valence-corrected chi connectivity index (χ3v) is 6.50. The number of amides is 1. The Labute approximate surface area is 209 Å². The predicted octanol–water partition coefficient (Wildman–Crippen LogP) is 4.78. The van der Waals surface area contributed by atoms with E-state index >= 15 is 0 Å². The minimum atomic E-state index is -3.62. The minimum absolute atomic E-state index is 0.0504. The Morgan fingerprint density at radius 2 is 1.68 bits per heavy atom. The third-order valence-electron chi connectivity index (χ3n) is 4.84. The molecule has 0 bridgehead atoms. The highest BCUT2D eigenvalue weighted by molar-refractivity contribution is 7.92. The number of methoxy groups -OCH3 is 1. The van der Waals surface area contributed by atoms with Crippen LogP contribution in [-0.4, -0.2) is 40.8 Å². The van der Waals surface area contributed by atoms with E-state index < -0.39 is 10.0 Å². The van der Waals surface area contributed by atoms with E-state index in [1.165, 1.54) is 10.4 Å². The van der Waals surface area contributed by atoms with Crippen LogP contribution in [0.4, 0.5) is 5.69 Å². The van der Waals surface area contributed by atoms with Crippen molar-refractivity contribution in [2.75, 3.05) is 30.8 Å². The number of anilines is 1. The molecule has 0 saturated carbocycles. The molecule has 180 valence electrons. The summed E-state index contributed by atoms with van der Waals surface area (Å²) in [5.41, 5.74) is 1.45. The molecule has 10 heteroatoms. The molecule has 0 aliphatic rings. The second-order valence-corrected chi connectivity index (χ2v) is 10.1. The largest absolute Gasteiger partial charge is 0.493 e. The topological polar surface area (TPSA) is 84.9 Å². The first-order valence-corrected chi connectivity index (χ1v) is 12.8. The molecule has 1 amide bonds. The van der Waals surface area contributed by atoms with Gasteiger partial charge in [-0.15, -0.1) is 0 Å². The summed E-state index contributed by atoms with van der Waals surface area (Å²) < 4.78 is 36.8. The Morgan fingerprint density at radius 3 is 2.29 bits per heavy atom. The highest BCUT2D eigenvalue weighted by atomic mass is 35.5. The lowest BCUT2D eigenvalue weighted by atomic mass is 10.1. The average molecular weight is 523 g/mol. The summed E-state index contributed by atoms with van der Waals surface area (Å²) in [5, 5.41) is 3.42. The van der Waals surface area contributed by atoms with Gasteiger partial charge in [-0.2, -0.15) is 0 Å². The van der Waals surface area contributed by atoms with Gasteiger partial charge in [0, 0.05) is 10.6 Å². The van der Waals surface area contributed by atoms with Gasteiger partial charge >= 0.3 is 0 Å². The number of sulfonamides is 1. The van der Waals surface area contributed by atoms with Gasteiger partial charge in [-0.05, 0) is 48.0 Å². The van der Waals surface area contributed by atoms with E-state index in [9.17, 15) is 13.2 Å². The number of ether oxygens (including phenoxy) is 2. The summed E-state index contributed by atoms with van der Waals surface area (Å²) >= 11 is 12.1. The van der Waals surface area contributed by atoms with Crippen molar-refractivity contribution < 1.29 is 22.7 Å². The van der Waals surface area contributed by atoms with E-state index in [2.05, 4.69) is 5.32 Å². The lowest BCUT2D eigenvalue weighted by molar-refractivity contribution is 0.0947. The molecule has 7 nitrogen and oxygen atoms in total. The Hall–Kier alpha value is -2.94. The standard InChI is InChI=1S/C24H24Cl2N2O5S/c1-32-22-5-3-4-6-23(22)33-14-13-27-24(29)18-9-7-17(8-10-18)16-28(34(2,30)31)21-12-11-19(25)15-20(21)26/h3-12,15H,13-14,16H2,1-2H3,(H,27,29). The maximum Gasteiger partial charge on any atom is 0.251 e. The predicted molar refractivity (Wildman–Crippen MR) is 135 cm³/mol. The van der Waals surface area contributed by atoms with Crippen molar-refractivity contribution in [1.82, 2.24) is 5.32 Å². The maximum absolute atomic E-state index is 12.4. The van der Waals surface area contributed by atoms with Crippen LogP contribution in [-0.2, 0) is 16.6 Å². The summed E-state index contributed by atoms with van der Waals surface area (Å²) in [4.78, 5) is 12.4. The zero-order valence-corrected chi connectivity index (χ0v) is 21.0. The van der Waals surface area contributed by atoms with Gasteiger partial charge in [0.1, 0.15) is 6.61 Å². The van der Waals surface area contributed by atoms with Gasteiger partial charge in [0.05, 0.1) is 37.2 Å². The average Bonchev–Trinajstić information content (AvgIpc) is 2.80. The van der Waals surface area contributed by atoms with Crippen LogP contribution in [0.5, 0.6) is 11.5 Å². The van der Waals surface area contributed by atoms with Crippen LogP contribution in [0.25, 0.3) is 0 Å². The number of hydrogen-bond acceptors (Lipinski definition) is 5. The lowest BCUT2D eigenvalue weighted by Crippen LogP contribution is -2.30. The van der Waals surface area contributed by atoms with Gasteiger partial charge in [0.15, 0.2) is 11.5 Å². The molecule has 0 atom stereocenters. The normalized spacial score (nSPS) is 11.1. The fourth-order valence-corrected chi connectivity index (χ4v) is 4.62. The molecular weight excluding hydrogens is 499 g/mol. The Balaban J connectivity index is 1.60. The molecule has 3 aromatic rings. The number of nitrogens with one attached hydrogen (secondary N) is 1. The second-order valence-electron chi connectivity index (χ2n) is 7.32. The lowest BCUT2D eigenvalue weighted by Gasteiger charge is -2.23. The van der Waals surface area contributed by atoms with E-state index in [0.29, 0.717) is 39.9 Å². The molecular formula is C24H24Cl2N2O5S. The van der Waals surface area contributed by atoms with Gasteiger partial charge < -0.3 is 14.8 Å². The number of rotatable bonds is 10. The van der Waals surface area contributed by atoms with E-state index in [0.717, 1.165) is 6.26 Å². The number of para-hydroxylation sites is 2. The molecule has 0 aromatic heterocycles. The molecule has 1 N–H and O–H groups in total. The van der Waals surface area contributed by atoms with Crippen molar-refractivity contribution in [3.05, 3.63) is 87.9 Å². The smallest absolute Gasteiger partial charge is 0.251 e. The number of halogens is 2. The van der Waals surface area contributed by atoms with Gasteiger partial charge in [-0.25, -0.2) is 8.42 Å². The van der Waals surface area contributed by atoms with Crippen LogP contribution in [0.1, 0.15) is 15.9 Å². The van der Waals surface area contributed by atoms with Crippen molar-refractivity contribution in [1.29, 1.82) is 0 Å². The van der Waals surface area contributed by atoms with E-state index in [4.69, 9.17) is 32.7 Å². The summed E-state index contributed by atoms with van der Waals surface area (Å²) in [6.45, 7) is 0.625. The van der Waals surface area contributed by atoms with Crippen LogP contribution >= 0.6 is 23.2 Å². The maximum atomic E-state index is 12.4. The SMILES string of the molecule is COc1ccccc1OCCNC(=O)c1ccc(CN(c2ccc(Cl)cc2Cl)S(C)(=O)=O)cc1. The van der Waals surface area contributed by atoms with Crippen LogP contribution in [0.3, 0.4) is 0 Å². The zero-order valence-electron chi connectivity index (χ0n) is 18.6. The van der Waals surface area contributed by atoms with Crippen molar-refractivity contribution >= 4 is 44.8 Å². The first-order valence-electron chi connectivity index (χ1n) is 10.2. The molecule has 0 aliphatic heterocycles. The highest BCUT2D eigenvalue weighted by Crippen LogP contribution is 2.31. The molecule has 0 spiro atoms. The summed E-state index contributed by atoms with van der Waals surface area (Å²) in [5.74, 6) is 0.947. The molecule has 3 rings (SSSR count). The first-order chi connectivity index (χ1) is 16.2.